The van der Waals surface area contributed by atoms with Gasteiger partial charge < -0.3 is 0 Å². The first-order chi connectivity index (χ1) is 10.0. The second-order valence-electron chi connectivity index (χ2n) is 3.93. The van der Waals surface area contributed by atoms with Crippen LogP contribution in [0.15, 0.2) is 30.6 Å². The molecule has 0 aliphatic carbocycles. The molecule has 5 nitrogen and oxygen atoms in total. The molecule has 3 rings (SSSR count). The Bertz CT molecular complexity index is 784. The number of benzene rings is 1. The van der Waals surface area contributed by atoms with Crippen LogP contribution >= 0.6 is 11.6 Å². The summed E-state index contributed by atoms with van der Waals surface area (Å²) in [7, 11) is 0. The van der Waals surface area contributed by atoms with Crippen LogP contribution in [0.1, 0.15) is 0 Å². The molecule has 3 aromatic rings. The highest BCUT2D eigenvalue weighted by Crippen LogP contribution is 2.22. The van der Waals surface area contributed by atoms with Crippen molar-refractivity contribution in [3.05, 3.63) is 53.3 Å². The molecule has 106 valence electrons. The molecule has 0 fully saturated rings. The average molecular weight is 312 g/mol. The minimum Gasteiger partial charge on any atom is -0.206 e. The van der Waals surface area contributed by atoms with Crippen LogP contribution in [0.5, 0.6) is 0 Å². The van der Waals surface area contributed by atoms with E-state index in [0.29, 0.717) is 0 Å². The van der Waals surface area contributed by atoms with E-state index in [9.17, 15) is 13.2 Å². The molecule has 2 heterocycles. The summed E-state index contributed by atoms with van der Waals surface area (Å²) in [6.45, 7) is 0. The van der Waals surface area contributed by atoms with E-state index in [4.69, 9.17) is 11.6 Å². The van der Waals surface area contributed by atoms with E-state index in [1.165, 1.54) is 10.9 Å². The highest BCUT2D eigenvalue weighted by atomic mass is 35.5. The molecule has 1 aromatic carbocycles. The van der Waals surface area contributed by atoms with Gasteiger partial charge in [0, 0.05) is 18.0 Å². The zero-order valence-electron chi connectivity index (χ0n) is 10.1. The SMILES string of the molecule is Fc1cc(-c2nc(Cl)nc(-n3cccn3)n2)cc(F)c1F. The maximum atomic E-state index is 13.3. The van der Waals surface area contributed by atoms with Gasteiger partial charge in [-0.15, -0.1) is 0 Å². The van der Waals surface area contributed by atoms with E-state index in [-0.39, 0.29) is 22.6 Å². The van der Waals surface area contributed by atoms with Gasteiger partial charge in [0.15, 0.2) is 23.3 Å². The Morgan fingerprint density at radius 2 is 1.71 bits per heavy atom. The number of hydrogen-bond donors (Lipinski definition) is 0. The first-order valence-electron chi connectivity index (χ1n) is 5.61. The van der Waals surface area contributed by atoms with Crippen LogP contribution in [0.25, 0.3) is 17.3 Å². The Balaban J connectivity index is 2.15. The number of nitrogens with zero attached hydrogens (tertiary/aromatic N) is 5. The van der Waals surface area contributed by atoms with Crippen molar-refractivity contribution in [3.8, 4) is 17.3 Å². The second-order valence-corrected chi connectivity index (χ2v) is 4.27. The lowest BCUT2D eigenvalue weighted by Gasteiger charge is -2.05. The summed E-state index contributed by atoms with van der Waals surface area (Å²) in [5.74, 6) is -4.28. The number of rotatable bonds is 2. The third kappa shape index (κ3) is 2.57. The fourth-order valence-corrected chi connectivity index (χ4v) is 1.80. The Labute approximate surface area is 121 Å². The van der Waals surface area contributed by atoms with Crippen molar-refractivity contribution in [2.45, 2.75) is 0 Å². The smallest absolute Gasteiger partial charge is 0.206 e. The van der Waals surface area contributed by atoms with Gasteiger partial charge in [0.25, 0.3) is 5.95 Å². The van der Waals surface area contributed by atoms with Gasteiger partial charge in [0.05, 0.1) is 0 Å². The quantitative estimate of drug-likeness (QED) is 0.683. The molecule has 9 heteroatoms. The van der Waals surface area contributed by atoms with Crippen molar-refractivity contribution in [1.29, 1.82) is 0 Å². The molecule has 0 unspecified atom stereocenters. The zero-order chi connectivity index (χ0) is 15.0. The first-order valence-corrected chi connectivity index (χ1v) is 5.99. The van der Waals surface area contributed by atoms with Crippen molar-refractivity contribution in [3.63, 3.8) is 0 Å². The highest BCUT2D eigenvalue weighted by molar-refractivity contribution is 6.28. The number of aromatic nitrogens is 5. The first kappa shape index (κ1) is 13.5. The van der Waals surface area contributed by atoms with Crippen LogP contribution in [0.2, 0.25) is 5.28 Å². The van der Waals surface area contributed by atoms with Crippen molar-refractivity contribution < 1.29 is 13.2 Å². The Morgan fingerprint density at radius 3 is 2.33 bits per heavy atom. The molecular weight excluding hydrogens is 307 g/mol. The lowest BCUT2D eigenvalue weighted by molar-refractivity contribution is 0.447. The molecule has 0 saturated carbocycles. The van der Waals surface area contributed by atoms with Crippen LogP contribution in [0.3, 0.4) is 0 Å². The minimum absolute atomic E-state index is 0.0656. The molecule has 0 spiro atoms. The van der Waals surface area contributed by atoms with Gasteiger partial charge in [-0.3, -0.25) is 0 Å². The van der Waals surface area contributed by atoms with Gasteiger partial charge in [-0.1, -0.05) is 0 Å². The summed E-state index contributed by atoms with van der Waals surface area (Å²) in [4.78, 5) is 11.6. The fourth-order valence-electron chi connectivity index (χ4n) is 1.64. The maximum Gasteiger partial charge on any atom is 0.255 e. The number of hydrogen-bond acceptors (Lipinski definition) is 4. The third-order valence-electron chi connectivity index (χ3n) is 2.55. The topological polar surface area (TPSA) is 56.5 Å². The summed E-state index contributed by atoms with van der Waals surface area (Å²) < 4.78 is 40.8. The Hall–Kier alpha value is -2.48. The summed E-state index contributed by atoms with van der Waals surface area (Å²) in [6, 6.07) is 3.18. The van der Waals surface area contributed by atoms with Gasteiger partial charge in [0.1, 0.15) is 0 Å². The molecule has 0 aliphatic rings. The minimum atomic E-state index is -1.56. The van der Waals surface area contributed by atoms with Gasteiger partial charge in [-0.2, -0.15) is 20.1 Å². The van der Waals surface area contributed by atoms with Crippen LogP contribution in [-0.2, 0) is 0 Å². The second kappa shape index (κ2) is 5.13. The maximum absolute atomic E-state index is 13.3. The Morgan fingerprint density at radius 1 is 1.00 bits per heavy atom. The van der Waals surface area contributed by atoms with E-state index >= 15 is 0 Å². The van der Waals surface area contributed by atoms with Crippen molar-refractivity contribution in [1.82, 2.24) is 24.7 Å². The molecule has 0 amide bonds. The Kier molecular flexibility index (Phi) is 3.30. The molecule has 0 N–H and O–H groups in total. The van der Waals surface area contributed by atoms with E-state index in [1.54, 1.807) is 12.3 Å². The molecule has 0 aliphatic heterocycles. The number of halogens is 4. The largest absolute Gasteiger partial charge is 0.255 e. The summed E-state index contributed by atoms with van der Waals surface area (Å²) in [6.07, 6.45) is 3.05. The van der Waals surface area contributed by atoms with Crippen LogP contribution in [0, 0.1) is 17.5 Å². The van der Waals surface area contributed by atoms with Crippen LogP contribution < -0.4 is 0 Å². The predicted octanol–water partition coefficient (Wildman–Crippen LogP) is 2.79. The highest BCUT2D eigenvalue weighted by Gasteiger charge is 2.15. The normalized spacial score (nSPS) is 10.9. The van der Waals surface area contributed by atoms with E-state index < -0.39 is 17.5 Å². The van der Waals surface area contributed by atoms with Crippen LogP contribution in [0.4, 0.5) is 13.2 Å². The fraction of sp³-hybridized carbons (Fsp3) is 0. The van der Waals surface area contributed by atoms with Gasteiger partial charge in [-0.25, -0.2) is 17.9 Å². The van der Waals surface area contributed by atoms with Gasteiger partial charge in [0.2, 0.25) is 5.28 Å². The molecule has 0 bridgehead atoms. The summed E-state index contributed by atoms with van der Waals surface area (Å²) >= 11 is 5.76. The van der Waals surface area contributed by atoms with Crippen molar-refractivity contribution >= 4 is 11.6 Å². The van der Waals surface area contributed by atoms with E-state index in [1.807, 2.05) is 0 Å². The zero-order valence-corrected chi connectivity index (χ0v) is 10.9. The molecule has 0 saturated heterocycles. The van der Waals surface area contributed by atoms with E-state index in [2.05, 4.69) is 20.1 Å². The monoisotopic (exact) mass is 311 g/mol. The lowest BCUT2D eigenvalue weighted by atomic mass is 10.2. The standard InChI is InChI=1S/C12H5ClF3N5/c13-11-18-10(6-4-7(14)9(16)8(15)5-6)19-12(20-11)21-3-1-2-17-21/h1-5H. The van der Waals surface area contributed by atoms with Crippen molar-refractivity contribution in [2.24, 2.45) is 0 Å². The third-order valence-corrected chi connectivity index (χ3v) is 2.72. The molecular formula is C12H5ClF3N5. The van der Waals surface area contributed by atoms with Gasteiger partial charge >= 0.3 is 0 Å². The van der Waals surface area contributed by atoms with E-state index in [0.717, 1.165) is 12.1 Å². The summed E-state index contributed by atoms with van der Waals surface area (Å²) in [5, 5.41) is 3.72. The average Bonchev–Trinajstić information content (AvgIpc) is 2.97. The predicted molar refractivity (Wildman–Crippen MR) is 67.3 cm³/mol. The summed E-state index contributed by atoms with van der Waals surface area (Å²) in [5.41, 5.74) is -0.0656. The lowest BCUT2D eigenvalue weighted by Crippen LogP contribution is -2.05. The van der Waals surface area contributed by atoms with Crippen LogP contribution in [-0.4, -0.2) is 24.7 Å². The molecule has 0 atom stereocenters. The molecule has 0 radical (unpaired) electrons. The molecule has 2 aromatic heterocycles. The molecule has 21 heavy (non-hydrogen) atoms. The van der Waals surface area contributed by atoms with Crippen molar-refractivity contribution in [2.75, 3.05) is 0 Å². The van der Waals surface area contributed by atoms with Gasteiger partial charge in [-0.05, 0) is 29.8 Å².